The third kappa shape index (κ3) is 8.02. The Morgan fingerprint density at radius 1 is 0.757 bits per heavy atom. The molecular formula is C29H28ClN5O2. The Kier molecular flexibility index (Phi) is 8.62. The number of anilines is 1. The van der Waals surface area contributed by atoms with E-state index in [4.69, 9.17) is 27.8 Å². The summed E-state index contributed by atoms with van der Waals surface area (Å²) < 4.78 is 5.84. The van der Waals surface area contributed by atoms with Gasteiger partial charge in [0.2, 0.25) is 0 Å². The highest BCUT2D eigenvalue weighted by molar-refractivity contribution is 6.30. The Hall–Kier alpha value is -4.49. The first-order chi connectivity index (χ1) is 17.9. The number of hydrogen-bond donors (Lipinski definition) is 3. The minimum Gasteiger partial charge on any atom is -0.457 e. The minimum atomic E-state index is -0.226. The molecule has 188 valence electrons. The molecule has 7 nitrogen and oxygen atoms in total. The molecular weight excluding hydrogens is 486 g/mol. The van der Waals surface area contributed by atoms with Gasteiger partial charge in [0.25, 0.3) is 0 Å². The van der Waals surface area contributed by atoms with Gasteiger partial charge in [0.1, 0.15) is 11.5 Å². The molecule has 4 aromatic carbocycles. The summed E-state index contributed by atoms with van der Waals surface area (Å²) in [6.45, 7) is 1.22. The van der Waals surface area contributed by atoms with Crippen molar-refractivity contribution in [3.63, 3.8) is 0 Å². The van der Waals surface area contributed by atoms with Gasteiger partial charge in [0, 0.05) is 23.8 Å². The zero-order chi connectivity index (χ0) is 26.0. The number of guanidine groups is 1. The zero-order valence-corrected chi connectivity index (χ0v) is 20.9. The maximum atomic E-state index is 13.3. The molecule has 0 aliphatic rings. The van der Waals surface area contributed by atoms with Crippen molar-refractivity contribution in [3.05, 3.63) is 125 Å². The summed E-state index contributed by atoms with van der Waals surface area (Å²) in [5.41, 5.74) is 14.4. The molecule has 0 saturated heterocycles. The summed E-state index contributed by atoms with van der Waals surface area (Å²) in [6.07, 6.45) is 0. The van der Waals surface area contributed by atoms with Crippen molar-refractivity contribution >= 4 is 29.3 Å². The van der Waals surface area contributed by atoms with E-state index in [1.54, 1.807) is 4.90 Å². The number of carbonyl (C=O) groups excluding carboxylic acids is 1. The van der Waals surface area contributed by atoms with Gasteiger partial charge in [-0.1, -0.05) is 66.2 Å². The summed E-state index contributed by atoms with van der Waals surface area (Å²) in [5.74, 6) is 1.48. The topological polar surface area (TPSA) is 106 Å². The number of urea groups is 1. The predicted octanol–water partition coefficient (Wildman–Crippen LogP) is 6.14. The minimum absolute atomic E-state index is 0.0505. The van der Waals surface area contributed by atoms with Crippen LogP contribution in [0.5, 0.6) is 11.5 Å². The maximum absolute atomic E-state index is 13.3. The lowest BCUT2D eigenvalue weighted by Crippen LogP contribution is -2.34. The summed E-state index contributed by atoms with van der Waals surface area (Å²) in [6, 6.07) is 31.9. The molecule has 0 heterocycles. The van der Waals surface area contributed by atoms with Crippen LogP contribution in [0.25, 0.3) is 0 Å². The smallest absolute Gasteiger partial charge is 0.322 e. The molecule has 0 atom stereocenters. The number of hydrogen-bond acceptors (Lipinski definition) is 3. The monoisotopic (exact) mass is 513 g/mol. The van der Waals surface area contributed by atoms with E-state index in [1.807, 2.05) is 103 Å². The molecule has 4 aromatic rings. The number of rotatable bonds is 9. The van der Waals surface area contributed by atoms with Crippen LogP contribution in [0.15, 0.2) is 108 Å². The number of carbonyl (C=O) groups is 1. The van der Waals surface area contributed by atoms with Crippen LogP contribution in [0.1, 0.15) is 16.7 Å². The fraction of sp³-hybridized carbons (Fsp3) is 0.103. The molecule has 0 aliphatic heterocycles. The van der Waals surface area contributed by atoms with Gasteiger partial charge in [-0.15, -0.1) is 0 Å². The predicted molar refractivity (Wildman–Crippen MR) is 149 cm³/mol. The van der Waals surface area contributed by atoms with E-state index in [0.717, 1.165) is 22.4 Å². The van der Waals surface area contributed by atoms with Crippen LogP contribution in [0.3, 0.4) is 0 Å². The van der Waals surface area contributed by atoms with Crippen molar-refractivity contribution in [2.45, 2.75) is 19.6 Å². The number of halogens is 1. The van der Waals surface area contributed by atoms with E-state index >= 15 is 0 Å². The first kappa shape index (κ1) is 25.6. The molecule has 0 aromatic heterocycles. The Morgan fingerprint density at radius 2 is 1.30 bits per heavy atom. The van der Waals surface area contributed by atoms with E-state index in [-0.39, 0.29) is 12.0 Å². The molecule has 0 unspecified atom stereocenters. The zero-order valence-electron chi connectivity index (χ0n) is 20.2. The lowest BCUT2D eigenvalue weighted by atomic mass is 10.1. The van der Waals surface area contributed by atoms with Crippen LogP contribution in [-0.2, 0) is 19.6 Å². The van der Waals surface area contributed by atoms with E-state index in [9.17, 15) is 4.79 Å². The molecule has 0 spiro atoms. The average Bonchev–Trinajstić information content (AvgIpc) is 2.91. The number of amides is 2. The van der Waals surface area contributed by atoms with E-state index in [0.29, 0.717) is 36.1 Å². The molecule has 0 radical (unpaired) electrons. The van der Waals surface area contributed by atoms with Crippen molar-refractivity contribution in [3.8, 4) is 11.5 Å². The summed E-state index contributed by atoms with van der Waals surface area (Å²) >= 11 is 6.04. The van der Waals surface area contributed by atoms with E-state index < -0.39 is 0 Å². The van der Waals surface area contributed by atoms with Crippen LogP contribution in [-0.4, -0.2) is 16.9 Å². The lowest BCUT2D eigenvalue weighted by Gasteiger charge is -2.24. The second-order valence-electron chi connectivity index (χ2n) is 8.41. The summed E-state index contributed by atoms with van der Waals surface area (Å²) in [5, 5.41) is 3.64. The van der Waals surface area contributed by atoms with E-state index in [1.165, 1.54) is 0 Å². The Labute approximate surface area is 221 Å². The third-order valence-electron chi connectivity index (χ3n) is 5.50. The number of nitrogens with two attached hydrogens (primary N) is 2. The van der Waals surface area contributed by atoms with Crippen LogP contribution in [0.2, 0.25) is 5.02 Å². The number of para-hydroxylation sites is 1. The van der Waals surface area contributed by atoms with Gasteiger partial charge in [0.15, 0.2) is 5.96 Å². The van der Waals surface area contributed by atoms with Crippen LogP contribution < -0.4 is 21.5 Å². The molecule has 4 rings (SSSR count). The van der Waals surface area contributed by atoms with Gasteiger partial charge in [0.05, 0.1) is 6.54 Å². The van der Waals surface area contributed by atoms with Crippen molar-refractivity contribution < 1.29 is 9.53 Å². The van der Waals surface area contributed by atoms with Gasteiger partial charge in [-0.3, -0.25) is 0 Å². The first-order valence-electron chi connectivity index (χ1n) is 11.7. The molecule has 0 saturated carbocycles. The van der Waals surface area contributed by atoms with Gasteiger partial charge in [-0.25, -0.2) is 9.79 Å². The van der Waals surface area contributed by atoms with Crippen molar-refractivity contribution in [1.82, 2.24) is 4.90 Å². The number of aliphatic imine (C=N–C) groups is 1. The highest BCUT2D eigenvalue weighted by atomic mass is 35.5. The summed E-state index contributed by atoms with van der Waals surface area (Å²) in [4.78, 5) is 19.1. The second-order valence-corrected chi connectivity index (χ2v) is 8.85. The molecule has 0 aliphatic carbocycles. The second kappa shape index (κ2) is 12.5. The maximum Gasteiger partial charge on any atom is 0.322 e. The Bertz CT molecular complexity index is 1320. The number of ether oxygens (including phenoxy) is 1. The molecule has 2 amide bonds. The number of nitrogens with one attached hydrogen (secondary N) is 1. The van der Waals surface area contributed by atoms with Crippen molar-refractivity contribution in [2.75, 3.05) is 5.32 Å². The SMILES string of the molecule is NC(N)=NCc1ccc(CN(Cc2ccc(Cl)cc2)C(=O)Nc2ccc(Oc3ccccc3)cc2)cc1. The van der Waals surface area contributed by atoms with Gasteiger partial charge in [-0.2, -0.15) is 0 Å². The fourth-order valence-corrected chi connectivity index (χ4v) is 3.72. The van der Waals surface area contributed by atoms with Crippen molar-refractivity contribution in [1.29, 1.82) is 0 Å². The Morgan fingerprint density at radius 3 is 1.89 bits per heavy atom. The normalized spacial score (nSPS) is 10.4. The first-order valence-corrected chi connectivity index (χ1v) is 12.1. The van der Waals surface area contributed by atoms with Crippen molar-refractivity contribution in [2.24, 2.45) is 16.5 Å². The molecule has 8 heteroatoms. The molecule has 0 fully saturated rings. The van der Waals surface area contributed by atoms with Crippen LogP contribution in [0.4, 0.5) is 10.5 Å². The fourth-order valence-electron chi connectivity index (χ4n) is 3.60. The van der Waals surface area contributed by atoms with Gasteiger partial charge >= 0.3 is 6.03 Å². The summed E-state index contributed by atoms with van der Waals surface area (Å²) in [7, 11) is 0. The molecule has 5 N–H and O–H groups in total. The van der Waals surface area contributed by atoms with E-state index in [2.05, 4.69) is 10.3 Å². The number of nitrogens with zero attached hydrogens (tertiary/aromatic N) is 2. The molecule has 37 heavy (non-hydrogen) atoms. The largest absolute Gasteiger partial charge is 0.457 e. The van der Waals surface area contributed by atoms with Crippen LogP contribution in [0, 0.1) is 0 Å². The highest BCUT2D eigenvalue weighted by Crippen LogP contribution is 2.23. The van der Waals surface area contributed by atoms with Gasteiger partial charge in [-0.05, 0) is 65.2 Å². The lowest BCUT2D eigenvalue weighted by molar-refractivity contribution is 0.206. The number of benzene rings is 4. The van der Waals surface area contributed by atoms with Crippen LogP contribution >= 0.6 is 11.6 Å². The standard InChI is InChI=1S/C29H28ClN5O2/c30-24-12-10-23(11-13-24)20-35(19-22-8-6-21(7-9-22)18-33-28(31)32)29(36)34-25-14-16-27(17-15-25)37-26-4-2-1-3-5-26/h1-17H,18-20H2,(H,34,36)(H4,31,32,33). The molecule has 0 bridgehead atoms. The highest BCUT2D eigenvalue weighted by Gasteiger charge is 2.15. The Balaban J connectivity index is 1.45. The van der Waals surface area contributed by atoms with Gasteiger partial charge < -0.3 is 26.4 Å². The average molecular weight is 514 g/mol. The third-order valence-corrected chi connectivity index (χ3v) is 5.75. The quantitative estimate of drug-likeness (QED) is 0.184.